The van der Waals surface area contributed by atoms with Gasteiger partial charge in [-0.3, -0.25) is 0 Å². The molecule has 0 atom stereocenters. The van der Waals surface area contributed by atoms with Gasteiger partial charge >= 0.3 is 5.97 Å². The number of hydrogen-bond acceptors (Lipinski definition) is 4. The smallest absolute Gasteiger partial charge is 0.332 e. The van der Waals surface area contributed by atoms with Crippen molar-refractivity contribution in [2.75, 3.05) is 13.2 Å². The number of rotatable bonds is 4. The molecule has 0 bridgehead atoms. The Hall–Kier alpha value is -1.81. The number of benzene rings is 1. The van der Waals surface area contributed by atoms with Gasteiger partial charge in [0.1, 0.15) is 6.61 Å². The van der Waals surface area contributed by atoms with Crippen LogP contribution >= 0.6 is 0 Å². The third-order valence-electron chi connectivity index (χ3n) is 1.72. The van der Waals surface area contributed by atoms with Gasteiger partial charge in [0.25, 0.3) is 0 Å². The highest BCUT2D eigenvalue weighted by atomic mass is 16.5. The molecular weight excluding hydrogens is 194 g/mol. The third kappa shape index (κ3) is 3.83. The fraction of sp³-hybridized carbons (Fsp3) is 0.182. The summed E-state index contributed by atoms with van der Waals surface area (Å²) in [6.45, 7) is -0.206. The van der Waals surface area contributed by atoms with Crippen LogP contribution in [0.4, 0.5) is 0 Å². The molecular formula is C11H13NO3. The summed E-state index contributed by atoms with van der Waals surface area (Å²) in [5.41, 5.74) is 6.77. The summed E-state index contributed by atoms with van der Waals surface area (Å²) >= 11 is 0. The van der Waals surface area contributed by atoms with E-state index in [4.69, 9.17) is 10.8 Å². The number of ether oxygens (including phenoxy) is 1. The van der Waals surface area contributed by atoms with Crippen LogP contribution in [0.2, 0.25) is 0 Å². The van der Waals surface area contributed by atoms with E-state index in [2.05, 4.69) is 4.74 Å². The fourth-order valence-corrected chi connectivity index (χ4v) is 1.03. The predicted octanol–water partition coefficient (Wildman–Crippen LogP) is 0.522. The van der Waals surface area contributed by atoms with Crippen molar-refractivity contribution in [3.63, 3.8) is 0 Å². The topological polar surface area (TPSA) is 72.6 Å². The van der Waals surface area contributed by atoms with E-state index in [0.29, 0.717) is 5.70 Å². The number of carbonyl (C=O) groups excluding carboxylic acids is 1. The minimum atomic E-state index is -0.551. The Labute approximate surface area is 88.0 Å². The summed E-state index contributed by atoms with van der Waals surface area (Å²) in [4.78, 5) is 11.1. The molecule has 0 aromatic heterocycles. The maximum Gasteiger partial charge on any atom is 0.332 e. The van der Waals surface area contributed by atoms with Gasteiger partial charge in [0, 0.05) is 11.8 Å². The van der Waals surface area contributed by atoms with E-state index in [-0.39, 0.29) is 13.2 Å². The summed E-state index contributed by atoms with van der Waals surface area (Å²) in [5.74, 6) is -0.551. The Morgan fingerprint density at radius 3 is 2.67 bits per heavy atom. The Balaban J connectivity index is 2.64. The van der Waals surface area contributed by atoms with Crippen molar-refractivity contribution < 1.29 is 14.6 Å². The molecule has 4 heteroatoms. The fourth-order valence-electron chi connectivity index (χ4n) is 1.03. The van der Waals surface area contributed by atoms with E-state index in [9.17, 15) is 4.79 Å². The number of aliphatic hydroxyl groups is 1. The first-order valence-electron chi connectivity index (χ1n) is 4.54. The average molecular weight is 207 g/mol. The average Bonchev–Trinajstić information content (AvgIpc) is 2.27. The number of aliphatic hydroxyl groups excluding tert-OH is 1. The number of hydrogen-bond donors (Lipinski definition) is 2. The molecule has 0 aliphatic rings. The number of nitrogens with two attached hydrogens (primary N) is 1. The second kappa shape index (κ2) is 5.82. The quantitative estimate of drug-likeness (QED) is 0.557. The molecule has 80 valence electrons. The molecule has 0 fully saturated rings. The van der Waals surface area contributed by atoms with E-state index < -0.39 is 5.97 Å². The zero-order valence-electron chi connectivity index (χ0n) is 8.22. The Kier molecular flexibility index (Phi) is 4.37. The van der Waals surface area contributed by atoms with Crippen LogP contribution in [0.3, 0.4) is 0 Å². The molecule has 15 heavy (non-hydrogen) atoms. The molecule has 1 aromatic rings. The standard InChI is InChI=1S/C11H13NO3/c12-10(8-11(14)15-7-6-13)9-4-2-1-3-5-9/h1-5,8,13H,6-7,12H2/b10-8+. The molecule has 0 aliphatic heterocycles. The second-order valence-corrected chi connectivity index (χ2v) is 2.86. The highest BCUT2D eigenvalue weighted by Gasteiger charge is 2.01. The van der Waals surface area contributed by atoms with Crippen molar-refractivity contribution in [1.29, 1.82) is 0 Å². The van der Waals surface area contributed by atoms with Crippen molar-refractivity contribution >= 4 is 11.7 Å². The van der Waals surface area contributed by atoms with Crippen molar-refractivity contribution in [1.82, 2.24) is 0 Å². The van der Waals surface area contributed by atoms with Crippen LogP contribution in [0.5, 0.6) is 0 Å². The zero-order valence-corrected chi connectivity index (χ0v) is 8.22. The van der Waals surface area contributed by atoms with Crippen LogP contribution in [-0.4, -0.2) is 24.3 Å². The summed E-state index contributed by atoms with van der Waals surface area (Å²) in [7, 11) is 0. The minimum Gasteiger partial charge on any atom is -0.460 e. The summed E-state index contributed by atoms with van der Waals surface area (Å²) in [6.07, 6.45) is 1.20. The first-order chi connectivity index (χ1) is 7.24. The molecule has 0 spiro atoms. The van der Waals surface area contributed by atoms with E-state index >= 15 is 0 Å². The SMILES string of the molecule is N/C(=C/C(=O)OCCO)c1ccccc1. The molecule has 1 rings (SSSR count). The highest BCUT2D eigenvalue weighted by Crippen LogP contribution is 2.07. The van der Waals surface area contributed by atoms with Gasteiger partial charge < -0.3 is 15.6 Å². The highest BCUT2D eigenvalue weighted by molar-refractivity contribution is 5.90. The van der Waals surface area contributed by atoms with Crippen molar-refractivity contribution in [3.8, 4) is 0 Å². The van der Waals surface area contributed by atoms with Gasteiger partial charge in [-0.25, -0.2) is 4.79 Å². The van der Waals surface area contributed by atoms with Gasteiger partial charge in [-0.15, -0.1) is 0 Å². The number of esters is 1. The largest absolute Gasteiger partial charge is 0.460 e. The maximum atomic E-state index is 11.1. The Morgan fingerprint density at radius 2 is 2.07 bits per heavy atom. The molecule has 1 aromatic carbocycles. The second-order valence-electron chi connectivity index (χ2n) is 2.86. The lowest BCUT2D eigenvalue weighted by molar-refractivity contribution is -0.138. The maximum absolute atomic E-state index is 11.1. The predicted molar refractivity (Wildman–Crippen MR) is 56.7 cm³/mol. The lowest BCUT2D eigenvalue weighted by Gasteiger charge is -2.01. The molecule has 0 heterocycles. The molecule has 0 unspecified atom stereocenters. The zero-order chi connectivity index (χ0) is 11.1. The molecule has 4 nitrogen and oxygen atoms in total. The summed E-state index contributed by atoms with van der Waals surface area (Å²) in [5, 5.41) is 8.44. The molecule has 3 N–H and O–H groups in total. The first kappa shape index (κ1) is 11.3. The first-order valence-corrected chi connectivity index (χ1v) is 4.54. The van der Waals surface area contributed by atoms with Crippen molar-refractivity contribution in [3.05, 3.63) is 42.0 Å². The van der Waals surface area contributed by atoms with Crippen LogP contribution in [0, 0.1) is 0 Å². The molecule has 0 aliphatic carbocycles. The summed E-state index contributed by atoms with van der Waals surface area (Å²) in [6, 6.07) is 9.11. The normalized spacial score (nSPS) is 11.1. The number of carbonyl (C=O) groups is 1. The van der Waals surface area contributed by atoms with Crippen LogP contribution < -0.4 is 5.73 Å². The van der Waals surface area contributed by atoms with Gasteiger partial charge in [-0.1, -0.05) is 30.3 Å². The Morgan fingerprint density at radius 1 is 1.40 bits per heavy atom. The van der Waals surface area contributed by atoms with Crippen LogP contribution in [-0.2, 0) is 9.53 Å². The molecule has 0 saturated carbocycles. The molecule has 0 radical (unpaired) electrons. The van der Waals surface area contributed by atoms with E-state index in [1.165, 1.54) is 6.08 Å². The van der Waals surface area contributed by atoms with Gasteiger partial charge in [0.05, 0.1) is 6.61 Å². The van der Waals surface area contributed by atoms with E-state index in [1.807, 2.05) is 18.2 Å². The van der Waals surface area contributed by atoms with Crippen LogP contribution in [0.25, 0.3) is 5.70 Å². The van der Waals surface area contributed by atoms with Crippen LogP contribution in [0.15, 0.2) is 36.4 Å². The summed E-state index contributed by atoms with van der Waals surface area (Å²) < 4.78 is 4.64. The van der Waals surface area contributed by atoms with E-state index in [1.54, 1.807) is 12.1 Å². The van der Waals surface area contributed by atoms with Gasteiger partial charge in [0.2, 0.25) is 0 Å². The molecule has 0 saturated heterocycles. The lowest BCUT2D eigenvalue weighted by atomic mass is 10.1. The van der Waals surface area contributed by atoms with Gasteiger partial charge in [-0.2, -0.15) is 0 Å². The third-order valence-corrected chi connectivity index (χ3v) is 1.72. The van der Waals surface area contributed by atoms with Crippen molar-refractivity contribution in [2.45, 2.75) is 0 Å². The van der Waals surface area contributed by atoms with Crippen molar-refractivity contribution in [2.24, 2.45) is 5.73 Å². The van der Waals surface area contributed by atoms with Crippen LogP contribution in [0.1, 0.15) is 5.56 Å². The molecule has 0 amide bonds. The van der Waals surface area contributed by atoms with E-state index in [0.717, 1.165) is 5.56 Å². The minimum absolute atomic E-state index is 0.0165. The lowest BCUT2D eigenvalue weighted by Crippen LogP contribution is -2.08. The van der Waals surface area contributed by atoms with Gasteiger partial charge in [-0.05, 0) is 5.56 Å². The Bertz CT molecular complexity index is 346. The van der Waals surface area contributed by atoms with Gasteiger partial charge in [0.15, 0.2) is 0 Å². The monoisotopic (exact) mass is 207 g/mol.